The number of nitrogens with two attached hydrogens (primary N) is 1. The molecule has 1 aromatic rings. The standard InChI is InChI=1S/C12H18N2OS/c1-16-8-6-11(13)12(15)5-4-10-3-2-7-14-9-10/h2-3,7,9,11H,4-6,8,13H2,1H3. The van der Waals surface area contributed by atoms with E-state index in [1.807, 2.05) is 18.4 Å². The van der Waals surface area contributed by atoms with Crippen molar-refractivity contribution in [1.82, 2.24) is 4.98 Å². The van der Waals surface area contributed by atoms with Crippen molar-refractivity contribution in [3.05, 3.63) is 30.1 Å². The quantitative estimate of drug-likeness (QED) is 0.785. The molecule has 1 unspecified atom stereocenters. The van der Waals surface area contributed by atoms with Crippen LogP contribution in [0.2, 0.25) is 0 Å². The maximum atomic E-state index is 11.7. The summed E-state index contributed by atoms with van der Waals surface area (Å²) in [6, 6.07) is 3.56. The first-order valence-electron chi connectivity index (χ1n) is 5.40. The van der Waals surface area contributed by atoms with Gasteiger partial charge in [-0.05, 0) is 36.5 Å². The molecule has 0 spiro atoms. The molecule has 0 saturated heterocycles. The van der Waals surface area contributed by atoms with Gasteiger partial charge in [0.1, 0.15) is 5.78 Å². The molecule has 0 amide bonds. The van der Waals surface area contributed by atoms with Crippen LogP contribution in [0.3, 0.4) is 0 Å². The fourth-order valence-corrected chi connectivity index (χ4v) is 1.89. The average Bonchev–Trinajstić information content (AvgIpc) is 2.34. The van der Waals surface area contributed by atoms with Crippen LogP contribution in [0, 0.1) is 0 Å². The fourth-order valence-electron chi connectivity index (χ4n) is 1.40. The number of carbonyl (C=O) groups is 1. The Morgan fingerprint density at radius 2 is 2.44 bits per heavy atom. The van der Waals surface area contributed by atoms with Crippen LogP contribution < -0.4 is 5.73 Å². The van der Waals surface area contributed by atoms with Crippen molar-refractivity contribution >= 4 is 17.5 Å². The highest BCUT2D eigenvalue weighted by Crippen LogP contribution is 2.05. The number of Topliss-reactive ketones (excluding diaryl/α,β-unsaturated/α-hetero) is 1. The Hall–Kier alpha value is -0.870. The summed E-state index contributed by atoms with van der Waals surface area (Å²) in [7, 11) is 0. The second-order valence-electron chi connectivity index (χ2n) is 3.72. The number of aromatic nitrogens is 1. The predicted octanol–water partition coefficient (Wildman–Crippen LogP) is 1.66. The largest absolute Gasteiger partial charge is 0.321 e. The van der Waals surface area contributed by atoms with E-state index in [0.29, 0.717) is 6.42 Å². The zero-order valence-corrected chi connectivity index (χ0v) is 10.4. The summed E-state index contributed by atoms with van der Waals surface area (Å²) in [5.41, 5.74) is 6.88. The molecule has 0 radical (unpaired) electrons. The highest BCUT2D eigenvalue weighted by molar-refractivity contribution is 7.98. The molecule has 16 heavy (non-hydrogen) atoms. The average molecular weight is 238 g/mol. The summed E-state index contributed by atoms with van der Waals surface area (Å²) in [5.74, 6) is 1.10. The van der Waals surface area contributed by atoms with Gasteiger partial charge in [-0.1, -0.05) is 6.07 Å². The molecule has 4 heteroatoms. The minimum absolute atomic E-state index is 0.151. The number of hydrogen-bond donors (Lipinski definition) is 1. The van der Waals surface area contributed by atoms with Crippen LogP contribution in [-0.4, -0.2) is 28.8 Å². The Bertz CT molecular complexity index is 316. The van der Waals surface area contributed by atoms with Gasteiger partial charge in [0.2, 0.25) is 0 Å². The predicted molar refractivity (Wildman–Crippen MR) is 68.5 cm³/mol. The Labute approximate surface area is 101 Å². The number of ketones is 1. The molecule has 0 aliphatic carbocycles. The van der Waals surface area contributed by atoms with E-state index in [0.717, 1.165) is 24.2 Å². The first-order chi connectivity index (χ1) is 7.74. The molecule has 0 aromatic carbocycles. The Morgan fingerprint density at radius 3 is 3.06 bits per heavy atom. The SMILES string of the molecule is CSCCC(N)C(=O)CCc1cccnc1. The second-order valence-corrected chi connectivity index (χ2v) is 4.70. The number of aryl methyl sites for hydroxylation is 1. The summed E-state index contributed by atoms with van der Waals surface area (Å²) in [6.45, 7) is 0. The maximum absolute atomic E-state index is 11.7. The lowest BCUT2D eigenvalue weighted by Crippen LogP contribution is -2.31. The third kappa shape index (κ3) is 4.77. The van der Waals surface area contributed by atoms with Gasteiger partial charge in [0.15, 0.2) is 0 Å². The molecule has 0 aliphatic heterocycles. The molecule has 3 nitrogen and oxygen atoms in total. The zero-order chi connectivity index (χ0) is 11.8. The number of pyridine rings is 1. The third-order valence-corrected chi connectivity index (χ3v) is 3.07. The highest BCUT2D eigenvalue weighted by Gasteiger charge is 2.12. The third-order valence-electron chi connectivity index (χ3n) is 2.43. The molecule has 0 saturated carbocycles. The van der Waals surface area contributed by atoms with Crippen molar-refractivity contribution < 1.29 is 4.79 Å². The number of carbonyl (C=O) groups excluding carboxylic acids is 1. The zero-order valence-electron chi connectivity index (χ0n) is 9.56. The van der Waals surface area contributed by atoms with E-state index < -0.39 is 0 Å². The lowest BCUT2D eigenvalue weighted by Gasteiger charge is -2.09. The fraction of sp³-hybridized carbons (Fsp3) is 0.500. The molecular formula is C12H18N2OS. The molecule has 1 atom stereocenters. The Balaban J connectivity index is 2.29. The molecule has 1 heterocycles. The summed E-state index contributed by atoms with van der Waals surface area (Å²) in [4.78, 5) is 15.7. The van der Waals surface area contributed by atoms with Crippen LogP contribution in [0.5, 0.6) is 0 Å². The van der Waals surface area contributed by atoms with Crippen molar-refractivity contribution in [2.75, 3.05) is 12.0 Å². The minimum Gasteiger partial charge on any atom is -0.321 e. The molecule has 1 rings (SSSR count). The van der Waals surface area contributed by atoms with Gasteiger partial charge >= 0.3 is 0 Å². The van der Waals surface area contributed by atoms with Gasteiger partial charge in [0, 0.05) is 18.8 Å². The van der Waals surface area contributed by atoms with Crippen molar-refractivity contribution in [2.45, 2.75) is 25.3 Å². The van der Waals surface area contributed by atoms with Gasteiger partial charge in [-0.15, -0.1) is 0 Å². The first kappa shape index (κ1) is 13.2. The van der Waals surface area contributed by atoms with Crippen molar-refractivity contribution in [1.29, 1.82) is 0 Å². The normalized spacial score (nSPS) is 12.4. The van der Waals surface area contributed by atoms with Crippen molar-refractivity contribution in [3.8, 4) is 0 Å². The first-order valence-corrected chi connectivity index (χ1v) is 6.79. The maximum Gasteiger partial charge on any atom is 0.149 e. The number of hydrogen-bond acceptors (Lipinski definition) is 4. The number of rotatable bonds is 7. The number of nitrogens with zero attached hydrogens (tertiary/aromatic N) is 1. The van der Waals surface area contributed by atoms with E-state index in [1.54, 1.807) is 24.2 Å². The molecule has 0 fully saturated rings. The monoisotopic (exact) mass is 238 g/mol. The Morgan fingerprint density at radius 1 is 1.62 bits per heavy atom. The van der Waals surface area contributed by atoms with E-state index in [9.17, 15) is 4.79 Å². The van der Waals surface area contributed by atoms with Crippen LogP contribution in [0.4, 0.5) is 0 Å². The van der Waals surface area contributed by atoms with E-state index in [2.05, 4.69) is 4.98 Å². The molecule has 88 valence electrons. The van der Waals surface area contributed by atoms with Gasteiger partial charge in [-0.2, -0.15) is 11.8 Å². The van der Waals surface area contributed by atoms with Gasteiger partial charge in [0.05, 0.1) is 6.04 Å². The molecule has 1 aromatic heterocycles. The molecule has 2 N–H and O–H groups in total. The summed E-state index contributed by atoms with van der Waals surface area (Å²) in [5, 5.41) is 0. The van der Waals surface area contributed by atoms with Crippen LogP contribution >= 0.6 is 11.8 Å². The van der Waals surface area contributed by atoms with Crippen molar-refractivity contribution in [2.24, 2.45) is 5.73 Å². The van der Waals surface area contributed by atoms with Crippen molar-refractivity contribution in [3.63, 3.8) is 0 Å². The van der Waals surface area contributed by atoms with Crippen LogP contribution in [-0.2, 0) is 11.2 Å². The molecular weight excluding hydrogens is 220 g/mol. The van der Waals surface area contributed by atoms with E-state index in [4.69, 9.17) is 5.73 Å². The number of thioether (sulfide) groups is 1. The lowest BCUT2D eigenvalue weighted by molar-refractivity contribution is -0.120. The topological polar surface area (TPSA) is 56.0 Å². The van der Waals surface area contributed by atoms with Gasteiger partial charge in [0.25, 0.3) is 0 Å². The van der Waals surface area contributed by atoms with Crippen LogP contribution in [0.25, 0.3) is 0 Å². The Kier molecular flexibility index (Phi) is 6.11. The summed E-state index contributed by atoms with van der Waals surface area (Å²) < 4.78 is 0. The van der Waals surface area contributed by atoms with E-state index >= 15 is 0 Å². The van der Waals surface area contributed by atoms with Gasteiger partial charge in [-0.25, -0.2) is 0 Å². The smallest absolute Gasteiger partial charge is 0.149 e. The highest BCUT2D eigenvalue weighted by atomic mass is 32.2. The van der Waals surface area contributed by atoms with E-state index in [1.165, 1.54) is 0 Å². The summed E-state index contributed by atoms with van der Waals surface area (Å²) in [6.07, 6.45) is 7.57. The molecule has 0 bridgehead atoms. The lowest BCUT2D eigenvalue weighted by atomic mass is 10.0. The second kappa shape index (κ2) is 7.41. The minimum atomic E-state index is -0.302. The van der Waals surface area contributed by atoms with Crippen LogP contribution in [0.15, 0.2) is 24.5 Å². The van der Waals surface area contributed by atoms with Gasteiger partial charge < -0.3 is 5.73 Å². The van der Waals surface area contributed by atoms with Crippen LogP contribution in [0.1, 0.15) is 18.4 Å². The van der Waals surface area contributed by atoms with Gasteiger partial charge in [-0.3, -0.25) is 9.78 Å². The summed E-state index contributed by atoms with van der Waals surface area (Å²) >= 11 is 1.72. The molecule has 0 aliphatic rings. The van der Waals surface area contributed by atoms with E-state index in [-0.39, 0.29) is 11.8 Å².